The first kappa shape index (κ1) is 22.9. The van der Waals surface area contributed by atoms with Crippen LogP contribution in [0.5, 0.6) is 5.75 Å². The third kappa shape index (κ3) is 5.42. The van der Waals surface area contributed by atoms with Crippen molar-refractivity contribution in [3.63, 3.8) is 0 Å². The van der Waals surface area contributed by atoms with Gasteiger partial charge in [-0.3, -0.25) is 0 Å². The summed E-state index contributed by atoms with van der Waals surface area (Å²) in [5.41, 5.74) is 2.98. The average Bonchev–Trinajstić information content (AvgIpc) is 2.58. The minimum Gasteiger partial charge on any atom is -0.496 e. The second-order valence-corrected chi connectivity index (χ2v) is 8.97. The summed E-state index contributed by atoms with van der Waals surface area (Å²) in [6, 6.07) is 4.26. The molecule has 0 radical (unpaired) electrons. The molecule has 3 heteroatoms. The minimum atomic E-state index is 0.126. The summed E-state index contributed by atoms with van der Waals surface area (Å²) in [7, 11) is 1.69. The average molecular weight is 380 g/mol. The second-order valence-electron chi connectivity index (χ2n) is 8.56. The first-order chi connectivity index (χ1) is 12.1. The lowest BCUT2D eigenvalue weighted by atomic mass is 9.71. The highest BCUT2D eigenvalue weighted by atomic mass is 35.5. The minimum absolute atomic E-state index is 0.126. The third-order valence-electron chi connectivity index (χ3n) is 5.56. The Morgan fingerprint density at radius 1 is 1.27 bits per heavy atom. The van der Waals surface area contributed by atoms with Gasteiger partial charge in [0, 0.05) is 27.9 Å². The number of methoxy groups -OCH3 is 1. The maximum Gasteiger partial charge on any atom is 0.132 e. The zero-order chi connectivity index (χ0) is 20.1. The van der Waals surface area contributed by atoms with Crippen molar-refractivity contribution >= 4 is 17.3 Å². The number of ether oxygens (including phenoxy) is 1. The van der Waals surface area contributed by atoms with Crippen LogP contribution >= 0.6 is 11.6 Å². The smallest absolute Gasteiger partial charge is 0.132 e. The molecule has 2 nitrogen and oxygen atoms in total. The van der Waals surface area contributed by atoms with Crippen LogP contribution in [0, 0.1) is 24.2 Å². The van der Waals surface area contributed by atoms with Crippen molar-refractivity contribution in [2.24, 2.45) is 17.3 Å². The Hall–Kier alpha value is -1.15. The number of rotatable bonds is 9. The van der Waals surface area contributed by atoms with Gasteiger partial charge in [-0.1, -0.05) is 72.6 Å². The maximum atomic E-state index is 6.27. The van der Waals surface area contributed by atoms with E-state index in [1.54, 1.807) is 7.11 Å². The number of hydrogen-bond donors (Lipinski definition) is 1. The van der Waals surface area contributed by atoms with E-state index in [9.17, 15) is 0 Å². The molecule has 0 bridgehead atoms. The summed E-state index contributed by atoms with van der Waals surface area (Å²) in [6.07, 6.45) is 3.60. The first-order valence-corrected chi connectivity index (χ1v) is 10.2. The summed E-state index contributed by atoms with van der Waals surface area (Å²) < 4.78 is 5.64. The third-order valence-corrected chi connectivity index (χ3v) is 5.97. The lowest BCUT2D eigenvalue weighted by Gasteiger charge is -2.42. The van der Waals surface area contributed by atoms with Crippen molar-refractivity contribution < 1.29 is 4.74 Å². The summed E-state index contributed by atoms with van der Waals surface area (Å²) in [5, 5.41) is 4.49. The topological polar surface area (TPSA) is 21.3 Å². The van der Waals surface area contributed by atoms with Crippen molar-refractivity contribution in [3.05, 3.63) is 34.9 Å². The van der Waals surface area contributed by atoms with Gasteiger partial charge >= 0.3 is 0 Å². The molecule has 1 rings (SSSR count). The van der Waals surface area contributed by atoms with Gasteiger partial charge in [-0.2, -0.15) is 0 Å². The van der Waals surface area contributed by atoms with E-state index in [4.69, 9.17) is 16.3 Å². The monoisotopic (exact) mass is 379 g/mol. The molecule has 0 aliphatic carbocycles. The maximum absolute atomic E-state index is 6.27. The van der Waals surface area contributed by atoms with Crippen LogP contribution in [0.2, 0.25) is 5.02 Å². The Labute approximate surface area is 166 Å². The van der Waals surface area contributed by atoms with Gasteiger partial charge in [-0.25, -0.2) is 0 Å². The molecule has 0 fully saturated rings. The summed E-state index contributed by atoms with van der Waals surface area (Å²) in [6.45, 7) is 20.2. The SMILES string of the molecule is C=C(NC(C(CCC)C(C)CC)C(C)(C)C)c1ccc(Cl)c(C)c1OC. The number of nitrogens with one attached hydrogen (secondary N) is 1. The second kappa shape index (κ2) is 9.69. The molecule has 0 spiro atoms. The first-order valence-electron chi connectivity index (χ1n) is 9.87. The largest absolute Gasteiger partial charge is 0.496 e. The predicted molar refractivity (Wildman–Crippen MR) is 116 cm³/mol. The predicted octanol–water partition coefficient (Wildman–Crippen LogP) is 7.09. The summed E-state index contributed by atoms with van der Waals surface area (Å²) >= 11 is 6.27. The lowest BCUT2D eigenvalue weighted by Crippen LogP contribution is -2.47. The van der Waals surface area contributed by atoms with Gasteiger partial charge in [0.2, 0.25) is 0 Å². The van der Waals surface area contributed by atoms with Crippen LogP contribution < -0.4 is 10.1 Å². The van der Waals surface area contributed by atoms with E-state index in [0.29, 0.717) is 22.9 Å². The number of hydrogen-bond acceptors (Lipinski definition) is 2. The molecule has 0 heterocycles. The van der Waals surface area contributed by atoms with Gasteiger partial charge in [0.25, 0.3) is 0 Å². The van der Waals surface area contributed by atoms with Gasteiger partial charge in [0.15, 0.2) is 0 Å². The fourth-order valence-electron chi connectivity index (χ4n) is 3.82. The molecular weight excluding hydrogens is 342 g/mol. The molecule has 0 aliphatic rings. The normalized spacial score (nSPS) is 15.3. The quantitative estimate of drug-likeness (QED) is 0.494. The molecule has 1 aromatic rings. The van der Waals surface area contributed by atoms with E-state index < -0.39 is 0 Å². The lowest BCUT2D eigenvalue weighted by molar-refractivity contribution is 0.153. The highest BCUT2D eigenvalue weighted by molar-refractivity contribution is 6.31. The molecule has 3 unspecified atom stereocenters. The van der Waals surface area contributed by atoms with Crippen LogP contribution in [-0.4, -0.2) is 13.2 Å². The Morgan fingerprint density at radius 2 is 1.88 bits per heavy atom. The number of halogens is 1. The number of benzene rings is 1. The zero-order valence-corrected chi connectivity index (χ0v) is 18.8. The van der Waals surface area contributed by atoms with Crippen LogP contribution in [0.3, 0.4) is 0 Å². The standard InChI is InChI=1S/C23H38ClNO/c1-10-12-18(15(3)11-2)22(23(6,7)8)25-17(5)19-13-14-20(24)16(4)21(19)26-9/h13-15,18,22,25H,5,10-12H2,1-4,6-9H3. The van der Waals surface area contributed by atoms with Gasteiger partial charge in [-0.05, 0) is 42.7 Å². The van der Waals surface area contributed by atoms with E-state index in [-0.39, 0.29) is 5.41 Å². The summed E-state index contributed by atoms with van der Waals surface area (Å²) in [4.78, 5) is 0. The molecular formula is C23H38ClNO. The molecule has 0 aliphatic heterocycles. The van der Waals surface area contributed by atoms with Crippen LogP contribution in [0.4, 0.5) is 0 Å². The van der Waals surface area contributed by atoms with Gasteiger partial charge in [-0.15, -0.1) is 0 Å². The van der Waals surface area contributed by atoms with Crippen LogP contribution in [-0.2, 0) is 0 Å². The Kier molecular flexibility index (Phi) is 8.53. The Morgan fingerprint density at radius 3 is 2.35 bits per heavy atom. The molecule has 26 heavy (non-hydrogen) atoms. The Balaban J connectivity index is 3.24. The molecule has 148 valence electrons. The zero-order valence-electron chi connectivity index (χ0n) is 18.0. The molecule has 0 aromatic heterocycles. The van der Waals surface area contributed by atoms with Crippen LogP contribution in [0.1, 0.15) is 71.9 Å². The van der Waals surface area contributed by atoms with Crippen molar-refractivity contribution in [2.45, 2.75) is 73.8 Å². The van der Waals surface area contributed by atoms with Gasteiger partial charge in [0.05, 0.1) is 7.11 Å². The van der Waals surface area contributed by atoms with Crippen molar-refractivity contribution in [1.29, 1.82) is 0 Å². The molecule has 3 atom stereocenters. The fraction of sp³-hybridized carbons (Fsp3) is 0.652. The molecule has 1 N–H and O–H groups in total. The van der Waals surface area contributed by atoms with Crippen LogP contribution in [0.15, 0.2) is 18.7 Å². The molecule has 0 amide bonds. The van der Waals surface area contributed by atoms with E-state index in [1.807, 2.05) is 19.1 Å². The fourth-order valence-corrected chi connectivity index (χ4v) is 3.96. The van der Waals surface area contributed by atoms with Crippen molar-refractivity contribution in [2.75, 3.05) is 7.11 Å². The van der Waals surface area contributed by atoms with Crippen molar-refractivity contribution in [1.82, 2.24) is 5.32 Å². The molecule has 1 aromatic carbocycles. The van der Waals surface area contributed by atoms with Crippen molar-refractivity contribution in [3.8, 4) is 5.75 Å². The summed E-state index contributed by atoms with van der Waals surface area (Å²) in [5.74, 6) is 2.06. The van der Waals surface area contributed by atoms with Gasteiger partial charge < -0.3 is 10.1 Å². The van der Waals surface area contributed by atoms with E-state index in [2.05, 4.69) is 53.4 Å². The van der Waals surface area contributed by atoms with E-state index >= 15 is 0 Å². The highest BCUT2D eigenvalue weighted by Gasteiger charge is 2.34. The van der Waals surface area contributed by atoms with E-state index in [1.165, 1.54) is 19.3 Å². The van der Waals surface area contributed by atoms with E-state index in [0.717, 1.165) is 22.6 Å². The Bertz CT molecular complexity index is 603. The van der Waals surface area contributed by atoms with Gasteiger partial charge in [0.1, 0.15) is 5.75 Å². The molecule has 0 saturated heterocycles. The molecule has 0 saturated carbocycles. The van der Waals surface area contributed by atoms with Crippen LogP contribution in [0.25, 0.3) is 5.70 Å². The highest BCUT2D eigenvalue weighted by Crippen LogP contribution is 2.37.